The van der Waals surface area contributed by atoms with Crippen LogP contribution in [0, 0.1) is 6.92 Å². The molecule has 0 fully saturated rings. The van der Waals surface area contributed by atoms with Crippen molar-refractivity contribution < 1.29 is 23.8 Å². The minimum absolute atomic E-state index is 0.320. The van der Waals surface area contributed by atoms with E-state index in [1.165, 1.54) is 6.92 Å². The monoisotopic (exact) mass is 391 g/mol. The fraction of sp³-hybridized carbons (Fsp3) is 0.300. The van der Waals surface area contributed by atoms with Crippen molar-refractivity contribution in [2.45, 2.75) is 26.5 Å². The van der Waals surface area contributed by atoms with Gasteiger partial charge < -0.3 is 19.5 Å². The molecular formula is C20H22ClNO5. The molecular weight excluding hydrogens is 370 g/mol. The molecule has 2 rings (SSSR count). The average Bonchev–Trinajstić information content (AvgIpc) is 2.67. The van der Waals surface area contributed by atoms with Gasteiger partial charge in [-0.25, -0.2) is 4.79 Å². The summed E-state index contributed by atoms with van der Waals surface area (Å²) < 4.78 is 15.5. The highest BCUT2D eigenvalue weighted by Crippen LogP contribution is 2.25. The lowest BCUT2D eigenvalue weighted by Crippen LogP contribution is -2.36. The van der Waals surface area contributed by atoms with Crippen LogP contribution in [0.2, 0.25) is 5.02 Å². The van der Waals surface area contributed by atoms with Gasteiger partial charge in [0.15, 0.2) is 12.7 Å². The second-order valence-electron chi connectivity index (χ2n) is 5.92. The van der Waals surface area contributed by atoms with Crippen LogP contribution in [-0.4, -0.2) is 31.7 Å². The number of amides is 1. The molecule has 0 radical (unpaired) electrons. The first-order valence-corrected chi connectivity index (χ1v) is 8.76. The summed E-state index contributed by atoms with van der Waals surface area (Å²) in [4.78, 5) is 24.0. The SMILES string of the molecule is COc1ccc(CNC(=O)[C@@H](C)OC(=O)COc2cc(C)ccc2Cl)cc1. The van der Waals surface area contributed by atoms with E-state index in [1.54, 1.807) is 31.4 Å². The Morgan fingerprint density at radius 2 is 1.85 bits per heavy atom. The predicted molar refractivity (Wildman–Crippen MR) is 102 cm³/mol. The number of methoxy groups -OCH3 is 1. The largest absolute Gasteiger partial charge is 0.497 e. The van der Waals surface area contributed by atoms with Crippen LogP contribution < -0.4 is 14.8 Å². The molecule has 1 N–H and O–H groups in total. The van der Waals surface area contributed by atoms with Gasteiger partial charge in [-0.2, -0.15) is 0 Å². The first-order chi connectivity index (χ1) is 12.9. The minimum Gasteiger partial charge on any atom is -0.497 e. The molecule has 0 heterocycles. The van der Waals surface area contributed by atoms with E-state index >= 15 is 0 Å². The van der Waals surface area contributed by atoms with E-state index < -0.39 is 18.0 Å². The van der Waals surface area contributed by atoms with Gasteiger partial charge in [-0.15, -0.1) is 0 Å². The molecule has 0 saturated carbocycles. The highest BCUT2D eigenvalue weighted by molar-refractivity contribution is 6.32. The number of halogens is 1. The molecule has 2 aromatic rings. The standard InChI is InChI=1S/C20H22ClNO5/c1-13-4-9-17(21)18(10-13)26-12-19(23)27-14(2)20(24)22-11-15-5-7-16(25-3)8-6-15/h4-10,14H,11-12H2,1-3H3,(H,22,24)/t14-/m1/s1. The van der Waals surface area contributed by atoms with E-state index in [4.69, 9.17) is 25.8 Å². The van der Waals surface area contributed by atoms with Gasteiger partial charge in [0, 0.05) is 6.54 Å². The topological polar surface area (TPSA) is 73.9 Å². The van der Waals surface area contributed by atoms with Crippen LogP contribution in [-0.2, 0) is 20.9 Å². The molecule has 0 aliphatic carbocycles. The van der Waals surface area contributed by atoms with Crippen LogP contribution >= 0.6 is 11.6 Å². The van der Waals surface area contributed by atoms with Crippen molar-refractivity contribution in [2.75, 3.05) is 13.7 Å². The van der Waals surface area contributed by atoms with Gasteiger partial charge in [0.25, 0.3) is 5.91 Å². The third-order valence-electron chi connectivity index (χ3n) is 3.74. The van der Waals surface area contributed by atoms with Crippen molar-refractivity contribution in [2.24, 2.45) is 0 Å². The Morgan fingerprint density at radius 1 is 1.15 bits per heavy atom. The summed E-state index contributed by atoms with van der Waals surface area (Å²) in [6.45, 7) is 3.37. The fourth-order valence-electron chi connectivity index (χ4n) is 2.22. The van der Waals surface area contributed by atoms with Crippen LogP contribution in [0.4, 0.5) is 0 Å². The Kier molecular flexibility index (Phi) is 7.49. The molecule has 0 aliphatic rings. The molecule has 6 nitrogen and oxygen atoms in total. The summed E-state index contributed by atoms with van der Waals surface area (Å²) in [5.74, 6) is 0.0822. The maximum Gasteiger partial charge on any atom is 0.344 e. The third kappa shape index (κ3) is 6.49. The number of rotatable bonds is 8. The van der Waals surface area contributed by atoms with Gasteiger partial charge in [-0.05, 0) is 49.2 Å². The molecule has 0 aliphatic heterocycles. The van der Waals surface area contributed by atoms with Crippen LogP contribution in [0.5, 0.6) is 11.5 Å². The molecule has 144 valence electrons. The minimum atomic E-state index is -0.938. The predicted octanol–water partition coefficient (Wildman–Crippen LogP) is 3.28. The van der Waals surface area contributed by atoms with E-state index in [2.05, 4.69) is 5.32 Å². The van der Waals surface area contributed by atoms with E-state index in [1.807, 2.05) is 25.1 Å². The van der Waals surface area contributed by atoms with Gasteiger partial charge in [-0.1, -0.05) is 29.8 Å². The molecule has 27 heavy (non-hydrogen) atoms. The number of benzene rings is 2. The van der Waals surface area contributed by atoms with Crippen LogP contribution in [0.3, 0.4) is 0 Å². The summed E-state index contributed by atoms with van der Waals surface area (Å²) in [6, 6.07) is 12.5. The van der Waals surface area contributed by atoms with Crippen molar-refractivity contribution in [3.8, 4) is 11.5 Å². The Hall–Kier alpha value is -2.73. The highest BCUT2D eigenvalue weighted by Gasteiger charge is 2.18. The smallest absolute Gasteiger partial charge is 0.344 e. The first kappa shape index (κ1) is 20.6. The van der Waals surface area contributed by atoms with Crippen molar-refractivity contribution in [3.63, 3.8) is 0 Å². The normalized spacial score (nSPS) is 11.4. The van der Waals surface area contributed by atoms with Crippen molar-refractivity contribution in [1.29, 1.82) is 0 Å². The maximum atomic E-state index is 12.1. The van der Waals surface area contributed by atoms with Crippen LogP contribution in [0.15, 0.2) is 42.5 Å². The third-order valence-corrected chi connectivity index (χ3v) is 4.05. The molecule has 1 atom stereocenters. The highest BCUT2D eigenvalue weighted by atomic mass is 35.5. The number of nitrogens with one attached hydrogen (secondary N) is 1. The van der Waals surface area contributed by atoms with E-state index in [0.29, 0.717) is 17.3 Å². The Bertz CT molecular complexity index is 791. The molecule has 0 spiro atoms. The van der Waals surface area contributed by atoms with Gasteiger partial charge in [0.05, 0.1) is 12.1 Å². The van der Waals surface area contributed by atoms with Gasteiger partial charge >= 0.3 is 5.97 Å². The number of carbonyl (C=O) groups excluding carboxylic acids is 2. The molecule has 1 amide bonds. The molecule has 0 saturated heterocycles. The van der Waals surface area contributed by atoms with Crippen molar-refractivity contribution >= 4 is 23.5 Å². The van der Waals surface area contributed by atoms with Crippen LogP contribution in [0.1, 0.15) is 18.1 Å². The average molecular weight is 392 g/mol. The van der Waals surface area contributed by atoms with Gasteiger partial charge in [-0.3, -0.25) is 4.79 Å². The second-order valence-corrected chi connectivity index (χ2v) is 6.33. The Morgan fingerprint density at radius 3 is 2.52 bits per heavy atom. The molecule has 0 aromatic heterocycles. The number of hydrogen-bond donors (Lipinski definition) is 1. The Labute approximate surface area is 163 Å². The number of carbonyl (C=O) groups is 2. The summed E-state index contributed by atoms with van der Waals surface area (Å²) in [6.07, 6.45) is -0.938. The number of esters is 1. The quantitative estimate of drug-likeness (QED) is 0.699. The number of hydrogen-bond acceptors (Lipinski definition) is 5. The number of aryl methyl sites for hydroxylation is 1. The molecule has 2 aromatic carbocycles. The van der Waals surface area contributed by atoms with E-state index in [9.17, 15) is 9.59 Å². The van der Waals surface area contributed by atoms with Crippen molar-refractivity contribution in [1.82, 2.24) is 5.32 Å². The zero-order chi connectivity index (χ0) is 19.8. The zero-order valence-corrected chi connectivity index (χ0v) is 16.2. The van der Waals surface area contributed by atoms with E-state index in [-0.39, 0.29) is 6.61 Å². The fourth-order valence-corrected chi connectivity index (χ4v) is 2.39. The van der Waals surface area contributed by atoms with Gasteiger partial charge in [0.2, 0.25) is 0 Å². The molecule has 7 heteroatoms. The molecule has 0 bridgehead atoms. The second kappa shape index (κ2) is 9.83. The maximum absolute atomic E-state index is 12.1. The van der Waals surface area contributed by atoms with Gasteiger partial charge in [0.1, 0.15) is 11.5 Å². The lowest BCUT2D eigenvalue weighted by molar-refractivity contribution is -0.156. The summed E-state index contributed by atoms with van der Waals surface area (Å²) >= 11 is 6.01. The lowest BCUT2D eigenvalue weighted by Gasteiger charge is -2.14. The Balaban J connectivity index is 1.77. The number of ether oxygens (including phenoxy) is 3. The van der Waals surface area contributed by atoms with E-state index in [0.717, 1.165) is 16.9 Å². The summed E-state index contributed by atoms with van der Waals surface area (Å²) in [5, 5.41) is 3.11. The summed E-state index contributed by atoms with van der Waals surface area (Å²) in [5.41, 5.74) is 1.86. The lowest BCUT2D eigenvalue weighted by atomic mass is 10.2. The van der Waals surface area contributed by atoms with Crippen molar-refractivity contribution in [3.05, 3.63) is 58.6 Å². The first-order valence-electron chi connectivity index (χ1n) is 8.38. The zero-order valence-electron chi connectivity index (χ0n) is 15.5. The molecule has 0 unspecified atom stereocenters. The summed E-state index contributed by atoms with van der Waals surface area (Å²) in [7, 11) is 1.59. The van der Waals surface area contributed by atoms with Crippen LogP contribution in [0.25, 0.3) is 0 Å².